The third kappa shape index (κ3) is 5.60. The maximum absolute atomic E-state index is 13.7. The number of primary amides is 1. The van der Waals surface area contributed by atoms with Crippen LogP contribution in [0.1, 0.15) is 41.0 Å². The number of aliphatic hydroxyl groups is 1. The topological polar surface area (TPSA) is 178 Å². The lowest BCUT2D eigenvalue weighted by molar-refractivity contribution is -0.123. The van der Waals surface area contributed by atoms with Gasteiger partial charge >= 0.3 is 0 Å². The summed E-state index contributed by atoms with van der Waals surface area (Å²) in [6.07, 6.45) is 4.65. The number of pyridine rings is 2. The van der Waals surface area contributed by atoms with E-state index in [0.29, 0.717) is 44.7 Å². The minimum absolute atomic E-state index is 0.0212. The third-order valence-corrected chi connectivity index (χ3v) is 7.79. The fourth-order valence-corrected chi connectivity index (χ4v) is 5.12. The molecule has 4 heterocycles. The van der Waals surface area contributed by atoms with Crippen LogP contribution in [0, 0.1) is 12.7 Å². The molecule has 13 heteroatoms. The van der Waals surface area contributed by atoms with Gasteiger partial charge in [-0.3, -0.25) is 14.6 Å². The molecule has 1 aliphatic rings. The van der Waals surface area contributed by atoms with Crippen LogP contribution in [0.2, 0.25) is 0 Å². The van der Waals surface area contributed by atoms with E-state index in [2.05, 4.69) is 35.8 Å². The average Bonchev–Trinajstić information content (AvgIpc) is 3.38. The number of nitrogens with zero attached hydrogens (tertiary/aromatic N) is 5. The fraction of sp³-hybridized carbons (Fsp3) is 0.219. The first-order chi connectivity index (χ1) is 21.4. The number of rotatable bonds is 8. The van der Waals surface area contributed by atoms with E-state index in [0.717, 1.165) is 5.56 Å². The van der Waals surface area contributed by atoms with Gasteiger partial charge in [0.05, 0.1) is 35.8 Å². The van der Waals surface area contributed by atoms with Crippen LogP contribution >= 0.6 is 0 Å². The number of hydrogen-bond acceptors (Lipinski definition) is 10. The molecule has 2 atom stereocenters. The van der Waals surface area contributed by atoms with Crippen LogP contribution in [0.4, 0.5) is 16.0 Å². The van der Waals surface area contributed by atoms with E-state index in [4.69, 9.17) is 10.5 Å². The highest BCUT2D eigenvalue weighted by atomic mass is 19.1. The van der Waals surface area contributed by atoms with Gasteiger partial charge in [-0.15, -0.1) is 5.10 Å². The number of aryl methyl sites for hydroxylation is 1. The number of hydrogen-bond donors (Lipinski definition) is 4. The first kappa shape index (κ1) is 29.5. The van der Waals surface area contributed by atoms with Crippen molar-refractivity contribution in [3.63, 3.8) is 0 Å². The summed E-state index contributed by atoms with van der Waals surface area (Å²) >= 11 is 0. The van der Waals surface area contributed by atoms with Crippen molar-refractivity contribution in [2.24, 2.45) is 5.73 Å². The smallest absolute Gasteiger partial charge is 0.251 e. The van der Waals surface area contributed by atoms with Crippen molar-refractivity contribution >= 4 is 34.4 Å². The van der Waals surface area contributed by atoms with E-state index in [1.165, 1.54) is 43.6 Å². The second kappa shape index (κ2) is 11.2. The number of carbonyl (C=O) groups excluding carboxylic acids is 2. The molecule has 2 amide bonds. The Balaban J connectivity index is 1.33. The SMILES string of the molecule is Cc1cnc2c(Nc3nccnn3)cc(C(=O)NC[C@](C)(O)c3cc4c(c(-c5ccc(F)cc5)n3)OC[C@]4(C)C(N)=O)cc2c1. The zero-order chi connectivity index (χ0) is 31.9. The van der Waals surface area contributed by atoms with Crippen LogP contribution in [0.3, 0.4) is 0 Å². The van der Waals surface area contributed by atoms with Gasteiger partial charge in [-0.25, -0.2) is 14.4 Å². The maximum atomic E-state index is 13.7. The number of halogens is 1. The summed E-state index contributed by atoms with van der Waals surface area (Å²) in [7, 11) is 0. The van der Waals surface area contributed by atoms with E-state index >= 15 is 0 Å². The van der Waals surface area contributed by atoms with Gasteiger partial charge in [0.25, 0.3) is 5.91 Å². The second-order valence-corrected chi connectivity index (χ2v) is 11.4. The molecule has 0 radical (unpaired) electrons. The van der Waals surface area contributed by atoms with Gasteiger partial charge in [-0.2, -0.15) is 5.10 Å². The molecule has 0 aliphatic carbocycles. The quantitative estimate of drug-likeness (QED) is 0.204. The van der Waals surface area contributed by atoms with Crippen LogP contribution in [-0.2, 0) is 15.8 Å². The van der Waals surface area contributed by atoms with Gasteiger partial charge in [0, 0.05) is 28.3 Å². The number of anilines is 2. The van der Waals surface area contributed by atoms with E-state index in [-0.39, 0.29) is 24.8 Å². The molecule has 1 aliphatic heterocycles. The van der Waals surface area contributed by atoms with E-state index < -0.39 is 28.6 Å². The van der Waals surface area contributed by atoms with Crippen molar-refractivity contribution in [2.75, 3.05) is 18.5 Å². The van der Waals surface area contributed by atoms with Gasteiger partial charge in [0.15, 0.2) is 0 Å². The van der Waals surface area contributed by atoms with Crippen LogP contribution < -0.4 is 21.1 Å². The summed E-state index contributed by atoms with van der Waals surface area (Å²) in [5.41, 5.74) is 6.57. The van der Waals surface area contributed by atoms with Crippen molar-refractivity contribution in [2.45, 2.75) is 31.8 Å². The summed E-state index contributed by atoms with van der Waals surface area (Å²) in [5.74, 6) is -0.967. The van der Waals surface area contributed by atoms with E-state index in [1.54, 1.807) is 31.3 Å². The number of aromatic nitrogens is 5. The van der Waals surface area contributed by atoms with Gasteiger partial charge in [0.1, 0.15) is 34.9 Å². The zero-order valence-electron chi connectivity index (χ0n) is 24.6. The molecule has 45 heavy (non-hydrogen) atoms. The van der Waals surface area contributed by atoms with Gasteiger partial charge in [-0.1, -0.05) is 0 Å². The number of amides is 2. The molecule has 228 valence electrons. The Kier molecular flexibility index (Phi) is 7.33. The van der Waals surface area contributed by atoms with Crippen molar-refractivity contribution < 1.29 is 23.8 Å². The predicted molar refractivity (Wildman–Crippen MR) is 163 cm³/mol. The van der Waals surface area contributed by atoms with E-state index in [1.807, 2.05) is 13.0 Å². The lowest BCUT2D eigenvalue weighted by atomic mass is 9.82. The molecule has 0 spiro atoms. The molecular weight excluding hydrogens is 579 g/mol. The summed E-state index contributed by atoms with van der Waals surface area (Å²) in [4.78, 5) is 39.3. The van der Waals surface area contributed by atoms with Gasteiger partial charge in [0.2, 0.25) is 11.9 Å². The fourth-order valence-electron chi connectivity index (χ4n) is 5.12. The number of benzene rings is 2. The summed E-state index contributed by atoms with van der Waals surface area (Å²) in [6.45, 7) is 4.77. The molecule has 6 rings (SSSR count). The molecule has 3 aromatic heterocycles. The van der Waals surface area contributed by atoms with Crippen molar-refractivity contribution in [3.05, 3.63) is 95.3 Å². The largest absolute Gasteiger partial charge is 0.489 e. The first-order valence-electron chi connectivity index (χ1n) is 14.0. The highest BCUT2D eigenvalue weighted by molar-refractivity contribution is 6.02. The monoisotopic (exact) mass is 608 g/mol. The Hall–Kier alpha value is -5.56. The number of fused-ring (bicyclic) bond motifs is 2. The summed E-state index contributed by atoms with van der Waals surface area (Å²) < 4.78 is 19.6. The molecule has 12 nitrogen and oxygen atoms in total. The van der Waals surface area contributed by atoms with Crippen molar-refractivity contribution in [1.29, 1.82) is 0 Å². The number of ether oxygens (including phenoxy) is 1. The third-order valence-electron chi connectivity index (χ3n) is 7.79. The highest BCUT2D eigenvalue weighted by Crippen LogP contribution is 2.45. The van der Waals surface area contributed by atoms with Crippen LogP contribution in [0.5, 0.6) is 5.75 Å². The number of nitrogens with one attached hydrogen (secondary N) is 2. The predicted octanol–water partition coefficient (Wildman–Crippen LogP) is 3.45. The van der Waals surface area contributed by atoms with Crippen molar-refractivity contribution in [3.8, 4) is 17.0 Å². The Bertz CT molecular complexity index is 1950. The second-order valence-electron chi connectivity index (χ2n) is 11.4. The molecule has 5 N–H and O–H groups in total. The molecule has 0 unspecified atom stereocenters. The van der Waals surface area contributed by atoms with Crippen molar-refractivity contribution in [1.82, 2.24) is 30.5 Å². The zero-order valence-corrected chi connectivity index (χ0v) is 24.6. The van der Waals surface area contributed by atoms with Gasteiger partial charge in [-0.05, 0) is 74.9 Å². The Morgan fingerprint density at radius 3 is 2.62 bits per heavy atom. The number of nitrogens with two attached hydrogens (primary N) is 1. The molecular formula is C32H29FN8O4. The minimum atomic E-state index is -1.71. The summed E-state index contributed by atoms with van der Waals surface area (Å²) in [6, 6.07) is 12.4. The molecule has 2 aromatic carbocycles. The molecule has 0 saturated carbocycles. The molecule has 0 fully saturated rings. The summed E-state index contributed by atoms with van der Waals surface area (Å²) in [5, 5.41) is 26.0. The van der Waals surface area contributed by atoms with Crippen LogP contribution in [0.25, 0.3) is 22.2 Å². The average molecular weight is 609 g/mol. The standard InChI is InChI=1S/C32H29FN8O4/c1-17-10-19-11-20(12-23(25(19)36-14-17)39-30-35-8-9-38-41-30)28(42)37-15-32(3,44)24-13-22-27(45-16-31(22,2)29(34)43)26(40-24)18-4-6-21(33)7-5-18/h4-14,44H,15-16H2,1-3H3,(H2,34,43)(H,37,42)(H,35,39,41)/t31-,32-/m0/s1. The molecule has 5 aromatic rings. The highest BCUT2D eigenvalue weighted by Gasteiger charge is 2.45. The van der Waals surface area contributed by atoms with E-state index in [9.17, 15) is 19.1 Å². The minimum Gasteiger partial charge on any atom is -0.489 e. The number of carbonyl (C=O) groups is 2. The normalized spacial score (nSPS) is 16.8. The lowest BCUT2D eigenvalue weighted by Crippen LogP contribution is -2.41. The maximum Gasteiger partial charge on any atom is 0.251 e. The lowest BCUT2D eigenvalue weighted by Gasteiger charge is -2.26. The Labute approximate surface area is 256 Å². The van der Waals surface area contributed by atoms with Crippen LogP contribution in [-0.4, -0.2) is 55.2 Å². The Morgan fingerprint density at radius 1 is 1.13 bits per heavy atom. The van der Waals surface area contributed by atoms with Crippen LogP contribution in [0.15, 0.2) is 67.1 Å². The molecule has 0 saturated heterocycles. The molecule has 0 bridgehead atoms. The first-order valence-corrected chi connectivity index (χ1v) is 14.0. The Morgan fingerprint density at radius 2 is 1.91 bits per heavy atom. The van der Waals surface area contributed by atoms with Gasteiger partial charge < -0.3 is 26.2 Å².